The predicted octanol–water partition coefficient (Wildman–Crippen LogP) is 3.85. The van der Waals surface area contributed by atoms with E-state index in [2.05, 4.69) is 11.4 Å². The van der Waals surface area contributed by atoms with Gasteiger partial charge in [-0.25, -0.2) is 0 Å². The standard InChI is InChI=1S/C15H19ClN2O2/c1-19-14-8-13(15(20-2)7-11(14)16)18-12-6-4-3-5-10(12)9-17/h7-8,10,12,18H,3-6H2,1-2H3. The van der Waals surface area contributed by atoms with Gasteiger partial charge >= 0.3 is 0 Å². The molecule has 2 atom stereocenters. The number of methoxy groups -OCH3 is 2. The molecule has 1 aromatic carbocycles. The molecule has 0 spiro atoms. The maximum absolute atomic E-state index is 9.24. The monoisotopic (exact) mass is 294 g/mol. The summed E-state index contributed by atoms with van der Waals surface area (Å²) in [5.41, 5.74) is 0.820. The fourth-order valence-corrected chi connectivity index (χ4v) is 2.86. The Kier molecular flexibility index (Phi) is 4.97. The average Bonchev–Trinajstić information content (AvgIpc) is 2.49. The lowest BCUT2D eigenvalue weighted by Crippen LogP contribution is -2.31. The zero-order valence-electron chi connectivity index (χ0n) is 11.8. The number of hydrogen-bond donors (Lipinski definition) is 1. The van der Waals surface area contributed by atoms with Gasteiger partial charge in [-0.2, -0.15) is 5.26 Å². The van der Waals surface area contributed by atoms with Crippen molar-refractivity contribution in [3.63, 3.8) is 0 Å². The van der Waals surface area contributed by atoms with E-state index in [9.17, 15) is 5.26 Å². The predicted molar refractivity (Wildman–Crippen MR) is 79.5 cm³/mol. The van der Waals surface area contributed by atoms with Crippen molar-refractivity contribution >= 4 is 17.3 Å². The highest BCUT2D eigenvalue weighted by Crippen LogP contribution is 2.37. The highest BCUT2D eigenvalue weighted by Gasteiger charge is 2.26. The first-order valence-electron chi connectivity index (χ1n) is 6.77. The van der Waals surface area contributed by atoms with E-state index in [0.29, 0.717) is 16.5 Å². The molecular weight excluding hydrogens is 276 g/mol. The number of hydrogen-bond acceptors (Lipinski definition) is 4. The van der Waals surface area contributed by atoms with E-state index in [4.69, 9.17) is 21.1 Å². The van der Waals surface area contributed by atoms with Crippen LogP contribution in [-0.4, -0.2) is 20.3 Å². The Morgan fingerprint density at radius 2 is 1.90 bits per heavy atom. The molecule has 1 saturated carbocycles. The van der Waals surface area contributed by atoms with Crippen molar-refractivity contribution in [3.05, 3.63) is 17.2 Å². The molecule has 5 heteroatoms. The second-order valence-corrected chi connectivity index (χ2v) is 5.37. The van der Waals surface area contributed by atoms with Gasteiger partial charge < -0.3 is 14.8 Å². The summed E-state index contributed by atoms with van der Waals surface area (Å²) in [5, 5.41) is 13.2. The molecule has 0 radical (unpaired) electrons. The van der Waals surface area contributed by atoms with Gasteiger partial charge in [0.2, 0.25) is 0 Å². The third kappa shape index (κ3) is 3.10. The minimum absolute atomic E-state index is 0.0372. The van der Waals surface area contributed by atoms with Crippen molar-refractivity contribution in [2.45, 2.75) is 31.7 Å². The molecule has 1 N–H and O–H groups in total. The first-order chi connectivity index (χ1) is 9.69. The third-order valence-electron chi connectivity index (χ3n) is 3.75. The highest BCUT2D eigenvalue weighted by atomic mass is 35.5. The summed E-state index contributed by atoms with van der Waals surface area (Å²) in [5.74, 6) is 1.30. The van der Waals surface area contributed by atoms with Crippen LogP contribution in [0.15, 0.2) is 12.1 Å². The van der Waals surface area contributed by atoms with E-state index in [-0.39, 0.29) is 12.0 Å². The van der Waals surface area contributed by atoms with E-state index in [0.717, 1.165) is 31.4 Å². The van der Waals surface area contributed by atoms with Crippen LogP contribution in [0.4, 0.5) is 5.69 Å². The summed E-state index contributed by atoms with van der Waals surface area (Å²) in [4.78, 5) is 0. The maximum atomic E-state index is 9.24. The van der Waals surface area contributed by atoms with Crippen LogP contribution in [-0.2, 0) is 0 Å². The Labute approximate surface area is 124 Å². The molecule has 0 aliphatic heterocycles. The normalized spacial score (nSPS) is 21.9. The Morgan fingerprint density at radius 1 is 1.20 bits per heavy atom. The molecule has 1 aliphatic rings. The molecule has 2 rings (SSSR count). The second kappa shape index (κ2) is 6.71. The van der Waals surface area contributed by atoms with Crippen LogP contribution in [0.3, 0.4) is 0 Å². The molecule has 0 heterocycles. The van der Waals surface area contributed by atoms with Crippen LogP contribution in [0.25, 0.3) is 0 Å². The van der Waals surface area contributed by atoms with Crippen LogP contribution >= 0.6 is 11.6 Å². The van der Waals surface area contributed by atoms with Gasteiger partial charge in [-0.3, -0.25) is 0 Å². The van der Waals surface area contributed by atoms with E-state index >= 15 is 0 Å². The molecule has 0 saturated heterocycles. The summed E-state index contributed by atoms with van der Waals surface area (Å²) < 4.78 is 10.6. The van der Waals surface area contributed by atoms with Crippen LogP contribution in [0, 0.1) is 17.2 Å². The number of ether oxygens (including phenoxy) is 2. The zero-order chi connectivity index (χ0) is 14.5. The molecule has 0 bridgehead atoms. The van der Waals surface area contributed by atoms with Gasteiger partial charge in [0.1, 0.15) is 11.5 Å². The van der Waals surface area contributed by atoms with E-state index < -0.39 is 0 Å². The second-order valence-electron chi connectivity index (χ2n) is 4.96. The quantitative estimate of drug-likeness (QED) is 0.916. The number of nitrogens with zero attached hydrogens (tertiary/aromatic N) is 1. The summed E-state index contributed by atoms with van der Waals surface area (Å²) in [7, 11) is 3.18. The summed E-state index contributed by atoms with van der Waals surface area (Å²) in [6.07, 6.45) is 4.20. The minimum Gasteiger partial charge on any atom is -0.495 e. The molecule has 0 aromatic heterocycles. The van der Waals surface area contributed by atoms with Crippen molar-refractivity contribution in [2.24, 2.45) is 5.92 Å². The number of rotatable bonds is 4. The smallest absolute Gasteiger partial charge is 0.143 e. The van der Waals surface area contributed by atoms with Crippen LogP contribution in [0.5, 0.6) is 11.5 Å². The number of halogens is 1. The van der Waals surface area contributed by atoms with Gasteiger partial charge in [0.15, 0.2) is 0 Å². The number of anilines is 1. The highest BCUT2D eigenvalue weighted by molar-refractivity contribution is 6.32. The van der Waals surface area contributed by atoms with Gasteiger partial charge in [0, 0.05) is 18.2 Å². The van der Waals surface area contributed by atoms with Gasteiger partial charge in [-0.15, -0.1) is 0 Å². The topological polar surface area (TPSA) is 54.3 Å². The third-order valence-corrected chi connectivity index (χ3v) is 4.04. The van der Waals surface area contributed by atoms with Crippen molar-refractivity contribution < 1.29 is 9.47 Å². The zero-order valence-corrected chi connectivity index (χ0v) is 12.5. The lowest BCUT2D eigenvalue weighted by molar-refractivity contribution is 0.382. The molecule has 20 heavy (non-hydrogen) atoms. The Hall–Kier alpha value is -1.60. The largest absolute Gasteiger partial charge is 0.495 e. The molecule has 0 amide bonds. The molecule has 1 fully saturated rings. The fraction of sp³-hybridized carbons (Fsp3) is 0.533. The van der Waals surface area contributed by atoms with E-state index in [1.165, 1.54) is 0 Å². The Morgan fingerprint density at radius 3 is 2.55 bits per heavy atom. The lowest BCUT2D eigenvalue weighted by atomic mass is 9.85. The number of benzene rings is 1. The van der Waals surface area contributed by atoms with Gasteiger partial charge in [-0.1, -0.05) is 24.4 Å². The maximum Gasteiger partial charge on any atom is 0.143 e. The van der Waals surface area contributed by atoms with Crippen LogP contribution in [0.1, 0.15) is 25.7 Å². The van der Waals surface area contributed by atoms with E-state index in [1.54, 1.807) is 20.3 Å². The molecule has 1 aromatic rings. The van der Waals surface area contributed by atoms with Gasteiger partial charge in [0.05, 0.1) is 36.9 Å². The fourth-order valence-electron chi connectivity index (χ4n) is 2.63. The average molecular weight is 295 g/mol. The van der Waals surface area contributed by atoms with Crippen molar-refractivity contribution in [1.29, 1.82) is 5.26 Å². The van der Waals surface area contributed by atoms with Crippen LogP contribution in [0.2, 0.25) is 5.02 Å². The van der Waals surface area contributed by atoms with Crippen LogP contribution < -0.4 is 14.8 Å². The molecule has 4 nitrogen and oxygen atoms in total. The summed E-state index contributed by atoms with van der Waals surface area (Å²) >= 11 is 6.09. The molecule has 1 aliphatic carbocycles. The first kappa shape index (κ1) is 14.8. The molecule has 2 unspecified atom stereocenters. The van der Waals surface area contributed by atoms with Gasteiger partial charge in [0.25, 0.3) is 0 Å². The minimum atomic E-state index is 0.0372. The van der Waals surface area contributed by atoms with Gasteiger partial charge in [-0.05, 0) is 12.8 Å². The lowest BCUT2D eigenvalue weighted by Gasteiger charge is -2.29. The number of nitriles is 1. The molecule has 108 valence electrons. The van der Waals surface area contributed by atoms with Crippen molar-refractivity contribution in [3.8, 4) is 17.6 Å². The van der Waals surface area contributed by atoms with Crippen molar-refractivity contribution in [1.82, 2.24) is 0 Å². The molecular formula is C15H19ClN2O2. The summed E-state index contributed by atoms with van der Waals surface area (Å²) in [6.45, 7) is 0. The Bertz CT molecular complexity index is 513. The summed E-state index contributed by atoms with van der Waals surface area (Å²) in [6, 6.07) is 6.09. The first-order valence-corrected chi connectivity index (χ1v) is 7.15. The van der Waals surface area contributed by atoms with E-state index in [1.807, 2.05) is 6.07 Å². The van der Waals surface area contributed by atoms with Crippen molar-refractivity contribution in [2.75, 3.05) is 19.5 Å². The SMILES string of the molecule is COc1cc(NC2CCCCC2C#N)c(OC)cc1Cl. The number of nitrogens with one attached hydrogen (secondary N) is 1. The Balaban J connectivity index is 2.25.